The number of thioether (sulfide) groups is 1. The van der Waals surface area contributed by atoms with Crippen LogP contribution in [0.1, 0.15) is 13.8 Å². The molecule has 2 amide bonds. The summed E-state index contributed by atoms with van der Waals surface area (Å²) in [5.74, 6) is -3.22. The van der Waals surface area contributed by atoms with Crippen molar-refractivity contribution in [1.29, 1.82) is 0 Å². The molecule has 0 aliphatic carbocycles. The average molecular weight is 577 g/mol. The number of allylic oxidation sites excluding steroid dienone is 4. The second-order valence-corrected chi connectivity index (χ2v) is 12.4. The number of carbonyl (C=O) groups is 2. The van der Waals surface area contributed by atoms with Crippen molar-refractivity contribution in [3.8, 4) is 5.75 Å². The second-order valence-electron chi connectivity index (χ2n) is 7.55. The van der Waals surface area contributed by atoms with E-state index in [1.54, 1.807) is 11.6 Å². The molecule has 0 spiro atoms. The Balaban J connectivity index is 1.82. The van der Waals surface area contributed by atoms with Gasteiger partial charge in [0.15, 0.2) is 5.75 Å². The van der Waals surface area contributed by atoms with Crippen molar-refractivity contribution in [2.75, 3.05) is 23.1 Å². The van der Waals surface area contributed by atoms with Gasteiger partial charge in [-0.25, -0.2) is 21.2 Å². The summed E-state index contributed by atoms with van der Waals surface area (Å²) in [7, 11) is -8.66. The molecule has 36 heavy (non-hydrogen) atoms. The van der Waals surface area contributed by atoms with Crippen LogP contribution in [-0.2, 0) is 29.7 Å². The van der Waals surface area contributed by atoms with E-state index in [0.717, 1.165) is 29.7 Å². The van der Waals surface area contributed by atoms with E-state index in [0.29, 0.717) is 5.57 Å². The van der Waals surface area contributed by atoms with Gasteiger partial charge in [-0.2, -0.15) is 0 Å². The number of anilines is 1. The van der Waals surface area contributed by atoms with Crippen molar-refractivity contribution in [3.63, 3.8) is 0 Å². The zero-order chi connectivity index (χ0) is 26.8. The Morgan fingerprint density at radius 1 is 1.25 bits per heavy atom. The lowest BCUT2D eigenvalue weighted by Crippen LogP contribution is -2.40. The Morgan fingerprint density at radius 3 is 2.58 bits per heavy atom. The lowest BCUT2D eigenvalue weighted by molar-refractivity contribution is -0.122. The molecule has 16 heteroatoms. The van der Waals surface area contributed by atoms with Crippen LogP contribution >= 0.6 is 24.0 Å². The SMILES string of the molecule is CC(=O)NS(=O)(=O)CN1C(=O)C(=CC(C)=CC=C2Oc3ccc(F)cc3N2CCS(=O)(=O)[O-])SC1=S. The minimum atomic E-state index is -4.55. The first-order valence-electron chi connectivity index (χ1n) is 9.99. The van der Waals surface area contributed by atoms with Gasteiger partial charge in [0, 0.05) is 19.5 Å². The van der Waals surface area contributed by atoms with Crippen molar-refractivity contribution in [2.24, 2.45) is 0 Å². The smallest absolute Gasteiger partial charge is 0.267 e. The summed E-state index contributed by atoms with van der Waals surface area (Å²) in [6.45, 7) is 2.38. The van der Waals surface area contributed by atoms with Gasteiger partial charge in [0.2, 0.25) is 11.8 Å². The Labute approximate surface area is 216 Å². The predicted octanol–water partition coefficient (Wildman–Crippen LogP) is 1.53. The Kier molecular flexibility index (Phi) is 8.24. The van der Waals surface area contributed by atoms with Crippen LogP contribution in [0, 0.1) is 5.82 Å². The quantitative estimate of drug-likeness (QED) is 0.272. The summed E-state index contributed by atoms with van der Waals surface area (Å²) < 4.78 is 78.5. The lowest BCUT2D eigenvalue weighted by Gasteiger charge is -2.19. The van der Waals surface area contributed by atoms with Crippen molar-refractivity contribution < 1.29 is 40.1 Å². The largest absolute Gasteiger partial charge is 0.748 e. The van der Waals surface area contributed by atoms with Crippen LogP contribution in [0.25, 0.3) is 0 Å². The molecule has 2 aliphatic heterocycles. The zero-order valence-corrected chi connectivity index (χ0v) is 22.0. The molecule has 2 heterocycles. The molecule has 0 radical (unpaired) electrons. The predicted molar refractivity (Wildman–Crippen MR) is 133 cm³/mol. The second kappa shape index (κ2) is 10.7. The van der Waals surface area contributed by atoms with E-state index in [2.05, 4.69) is 0 Å². The van der Waals surface area contributed by atoms with E-state index in [4.69, 9.17) is 17.0 Å². The molecule has 2 aliphatic rings. The van der Waals surface area contributed by atoms with Gasteiger partial charge in [0.25, 0.3) is 15.9 Å². The fourth-order valence-corrected chi connectivity index (χ4v) is 6.09. The van der Waals surface area contributed by atoms with Crippen LogP contribution in [0.3, 0.4) is 0 Å². The maximum atomic E-state index is 13.7. The van der Waals surface area contributed by atoms with Gasteiger partial charge in [0.05, 0.1) is 26.5 Å². The minimum absolute atomic E-state index is 0.00654. The van der Waals surface area contributed by atoms with E-state index < -0.39 is 49.4 Å². The van der Waals surface area contributed by atoms with E-state index in [-0.39, 0.29) is 33.1 Å². The van der Waals surface area contributed by atoms with Gasteiger partial charge < -0.3 is 14.2 Å². The number of amides is 2. The number of thiocarbonyl (C=S) groups is 1. The van der Waals surface area contributed by atoms with Crippen molar-refractivity contribution in [2.45, 2.75) is 13.8 Å². The van der Waals surface area contributed by atoms with Crippen LogP contribution in [0.2, 0.25) is 0 Å². The van der Waals surface area contributed by atoms with E-state index >= 15 is 0 Å². The fraction of sp³-hybridized carbons (Fsp3) is 0.250. The highest BCUT2D eigenvalue weighted by Gasteiger charge is 2.35. The first-order valence-corrected chi connectivity index (χ1v) is 14.4. The maximum absolute atomic E-state index is 13.7. The van der Waals surface area contributed by atoms with Crippen LogP contribution in [-0.4, -0.2) is 60.6 Å². The molecule has 1 N–H and O–H groups in total. The van der Waals surface area contributed by atoms with Gasteiger partial charge in [0.1, 0.15) is 16.0 Å². The van der Waals surface area contributed by atoms with Gasteiger partial charge in [-0.1, -0.05) is 30.1 Å². The molecule has 1 aromatic rings. The normalized spacial score (nSPS) is 18.7. The van der Waals surface area contributed by atoms with Crippen molar-refractivity contribution in [1.82, 2.24) is 9.62 Å². The number of halogens is 1. The third-order valence-corrected chi connectivity index (χ3v) is 7.83. The van der Waals surface area contributed by atoms with E-state index in [1.165, 1.54) is 35.3 Å². The van der Waals surface area contributed by atoms with E-state index in [9.17, 15) is 35.4 Å². The molecule has 1 aromatic carbocycles. The Bertz CT molecular complexity index is 1430. The van der Waals surface area contributed by atoms with Crippen LogP contribution < -0.4 is 14.4 Å². The molecule has 0 bridgehead atoms. The fourth-order valence-electron chi connectivity index (χ4n) is 3.12. The van der Waals surface area contributed by atoms with Gasteiger partial charge in [-0.05, 0) is 36.8 Å². The summed E-state index contributed by atoms with van der Waals surface area (Å²) in [6, 6.07) is 3.67. The highest BCUT2D eigenvalue weighted by Crippen LogP contribution is 2.39. The molecule has 1 saturated heterocycles. The average Bonchev–Trinajstić information content (AvgIpc) is 3.20. The molecule has 11 nitrogen and oxygen atoms in total. The highest BCUT2D eigenvalue weighted by atomic mass is 32.2. The van der Waals surface area contributed by atoms with Crippen LogP contribution in [0.15, 0.2) is 52.8 Å². The number of ether oxygens (including phenoxy) is 1. The number of hydrogen-bond acceptors (Lipinski definition) is 11. The van der Waals surface area contributed by atoms with Gasteiger partial charge in [-0.15, -0.1) is 0 Å². The number of benzene rings is 1. The summed E-state index contributed by atoms with van der Waals surface area (Å²) in [5, 5.41) is 0. The lowest BCUT2D eigenvalue weighted by atomic mass is 10.2. The number of rotatable bonds is 8. The van der Waals surface area contributed by atoms with Crippen LogP contribution in [0.5, 0.6) is 5.75 Å². The number of carbonyl (C=O) groups excluding carboxylic acids is 2. The highest BCUT2D eigenvalue weighted by molar-refractivity contribution is 8.26. The summed E-state index contributed by atoms with van der Waals surface area (Å²) in [6.07, 6.45) is 4.43. The molecule has 0 unspecified atom stereocenters. The molecule has 194 valence electrons. The summed E-state index contributed by atoms with van der Waals surface area (Å²) in [4.78, 5) is 26.0. The molecular formula is C20H19FN3O8S4-. The monoisotopic (exact) mass is 576 g/mol. The number of sulfonamides is 1. The van der Waals surface area contributed by atoms with Gasteiger partial charge in [-0.3, -0.25) is 19.2 Å². The number of fused-ring (bicyclic) bond motifs is 1. The molecular weight excluding hydrogens is 557 g/mol. The van der Waals surface area contributed by atoms with Gasteiger partial charge >= 0.3 is 0 Å². The van der Waals surface area contributed by atoms with Crippen molar-refractivity contribution >= 4 is 65.9 Å². The summed E-state index contributed by atoms with van der Waals surface area (Å²) >= 11 is 5.97. The molecule has 3 rings (SSSR count). The molecule has 1 fully saturated rings. The van der Waals surface area contributed by atoms with Crippen LogP contribution in [0.4, 0.5) is 10.1 Å². The third-order valence-electron chi connectivity index (χ3n) is 4.58. The van der Waals surface area contributed by atoms with Crippen molar-refractivity contribution in [3.05, 3.63) is 58.6 Å². The maximum Gasteiger partial charge on any atom is 0.267 e. The Morgan fingerprint density at radius 2 is 1.94 bits per heavy atom. The first-order chi connectivity index (χ1) is 16.6. The first kappa shape index (κ1) is 27.8. The number of nitrogens with one attached hydrogen (secondary N) is 1. The standard InChI is InChI=1S/C20H20FN3O8S4/c1-12(9-17-19(26)24(20(33)34-17)11-35(27,28)22-13(2)25)3-6-18-23(7-8-36(29,30)31)15-10-14(21)4-5-16(15)32-18/h3-6,9-10H,7-8,11H2,1-2H3,(H,22,25)(H,29,30,31)/p-1. The molecule has 0 atom stereocenters. The molecule has 0 aromatic heterocycles. The number of hydrogen-bond donors (Lipinski definition) is 1. The Hall–Kier alpha value is -2.79. The summed E-state index contributed by atoms with van der Waals surface area (Å²) in [5.41, 5.74) is 0.757. The topological polar surface area (TPSA) is 153 Å². The molecule has 0 saturated carbocycles. The minimum Gasteiger partial charge on any atom is -0.748 e. The third kappa shape index (κ3) is 7.13. The van der Waals surface area contributed by atoms with E-state index in [1.807, 2.05) is 0 Å². The number of nitrogens with zero attached hydrogens (tertiary/aromatic N) is 2. The zero-order valence-electron chi connectivity index (χ0n) is 18.8.